The van der Waals surface area contributed by atoms with Gasteiger partial charge in [0.2, 0.25) is 17.7 Å². The number of hydrogen-bond acceptors (Lipinski definition) is 10. The first kappa shape index (κ1) is 47.0. The van der Waals surface area contributed by atoms with Crippen LogP contribution in [-0.2, 0) is 27.5 Å². The molecule has 15 nitrogen and oxygen atoms in total. The van der Waals surface area contributed by atoms with Crippen LogP contribution in [0.2, 0.25) is 0 Å². The van der Waals surface area contributed by atoms with E-state index in [0.717, 1.165) is 51.6 Å². The number of aliphatic hydroxyl groups is 1. The van der Waals surface area contributed by atoms with Crippen molar-refractivity contribution in [3.05, 3.63) is 100 Å². The zero-order chi connectivity index (χ0) is 46.3. The molecule has 2 aliphatic heterocycles. The van der Waals surface area contributed by atoms with Crippen LogP contribution in [0.3, 0.4) is 0 Å². The summed E-state index contributed by atoms with van der Waals surface area (Å²) in [4.78, 5) is 83.9. The molecular weight excluding hydrogens is 843 g/mol. The minimum Gasteiger partial charge on any atom is -0.391 e. The molecule has 16 heteroatoms. The van der Waals surface area contributed by atoms with E-state index in [4.69, 9.17) is 4.98 Å². The third-order valence-corrected chi connectivity index (χ3v) is 13.3. The Kier molecular flexibility index (Phi) is 15.1. The van der Waals surface area contributed by atoms with Crippen molar-refractivity contribution in [1.82, 2.24) is 40.7 Å². The van der Waals surface area contributed by atoms with Crippen LogP contribution in [0.5, 0.6) is 0 Å². The predicted molar refractivity (Wildman–Crippen MR) is 252 cm³/mol. The van der Waals surface area contributed by atoms with Gasteiger partial charge in [-0.3, -0.25) is 28.9 Å². The zero-order valence-corrected chi connectivity index (χ0v) is 38.7. The zero-order valence-electron chi connectivity index (χ0n) is 37.9. The normalized spacial score (nSPS) is 18.1. The van der Waals surface area contributed by atoms with Crippen LogP contribution < -0.4 is 21.3 Å². The summed E-state index contributed by atoms with van der Waals surface area (Å²) in [5, 5.41) is 22.3. The van der Waals surface area contributed by atoms with Gasteiger partial charge in [-0.2, -0.15) is 0 Å². The van der Waals surface area contributed by atoms with Gasteiger partial charge in [-0.25, -0.2) is 9.97 Å². The van der Waals surface area contributed by atoms with Crippen molar-refractivity contribution in [1.29, 1.82) is 0 Å². The van der Waals surface area contributed by atoms with Gasteiger partial charge in [-0.1, -0.05) is 51.5 Å². The number of imidazole rings is 1. The summed E-state index contributed by atoms with van der Waals surface area (Å²) in [6, 6.07) is 18.7. The van der Waals surface area contributed by atoms with Gasteiger partial charge in [-0.05, 0) is 105 Å². The highest BCUT2D eigenvalue weighted by Crippen LogP contribution is 2.29. The fourth-order valence-corrected chi connectivity index (χ4v) is 9.32. The summed E-state index contributed by atoms with van der Waals surface area (Å²) >= 11 is 1.57. The van der Waals surface area contributed by atoms with Crippen molar-refractivity contribution in [2.75, 3.05) is 25.0 Å². The summed E-state index contributed by atoms with van der Waals surface area (Å²) in [5.74, 6) is -0.710. The number of β-amino-alcohol motifs (C(OH)–C–C–N with tert-alkyl or cyclic N) is 1. The minimum absolute atomic E-state index is 0.00298. The average molecular weight is 904 g/mol. The Bertz CT molecular complexity index is 2480. The number of aromatic amines is 1. The lowest BCUT2D eigenvalue weighted by Crippen LogP contribution is -2.57. The molecule has 344 valence electrons. The first-order chi connectivity index (χ1) is 31.1. The van der Waals surface area contributed by atoms with Crippen LogP contribution >= 0.6 is 11.3 Å². The quantitative estimate of drug-likeness (QED) is 0.0577. The molecule has 5 aromatic rings. The Morgan fingerprint density at radius 1 is 0.938 bits per heavy atom. The second-order valence-electron chi connectivity index (χ2n) is 18.4. The maximum atomic E-state index is 14.0. The monoisotopic (exact) mass is 903 g/mol. The van der Waals surface area contributed by atoms with Crippen LogP contribution in [0.1, 0.15) is 110 Å². The molecule has 2 fully saturated rings. The molecule has 5 amide bonds. The molecule has 0 unspecified atom stereocenters. The van der Waals surface area contributed by atoms with Gasteiger partial charge in [-0.15, -0.1) is 11.3 Å². The Labute approximate surface area is 384 Å². The van der Waals surface area contributed by atoms with Crippen molar-refractivity contribution in [2.45, 2.75) is 117 Å². The largest absolute Gasteiger partial charge is 0.391 e. The SMILES string of the molecule is Cc1ncsc1-c1ccc(CNC(=O)[C@@H]2C[C@@H](O)CN2C(=O)[C@@H](NC(=O)CCCCCNC(=O)c2ccc(C(=O)Nc3ccc4[nH]c(CN5CCC[C@@H]5C)nc4c3)cc2)C(C)(C)C)cc1. The van der Waals surface area contributed by atoms with Crippen LogP contribution in [0.4, 0.5) is 5.69 Å². The number of likely N-dealkylation sites (tertiary alicyclic amines) is 2. The van der Waals surface area contributed by atoms with Crippen molar-refractivity contribution < 1.29 is 29.1 Å². The Morgan fingerprint density at radius 3 is 2.35 bits per heavy atom. The lowest BCUT2D eigenvalue weighted by molar-refractivity contribution is -0.144. The second-order valence-corrected chi connectivity index (χ2v) is 19.3. The van der Waals surface area contributed by atoms with Crippen LogP contribution in [-0.4, -0.2) is 103 Å². The van der Waals surface area contributed by atoms with Gasteiger partial charge in [0, 0.05) is 55.3 Å². The van der Waals surface area contributed by atoms with Gasteiger partial charge in [0.05, 0.1) is 39.8 Å². The Balaban J connectivity index is 0.816. The molecule has 0 radical (unpaired) electrons. The van der Waals surface area contributed by atoms with E-state index in [0.29, 0.717) is 48.7 Å². The van der Waals surface area contributed by atoms with Crippen molar-refractivity contribution >= 4 is 57.6 Å². The van der Waals surface area contributed by atoms with Gasteiger partial charge in [0.1, 0.15) is 17.9 Å². The number of benzene rings is 3. The van der Waals surface area contributed by atoms with E-state index in [1.165, 1.54) is 17.7 Å². The summed E-state index contributed by atoms with van der Waals surface area (Å²) in [5.41, 5.74) is 7.23. The molecule has 0 saturated carbocycles. The maximum Gasteiger partial charge on any atom is 0.255 e. The summed E-state index contributed by atoms with van der Waals surface area (Å²) in [6.07, 6.45) is 3.67. The van der Waals surface area contributed by atoms with E-state index in [2.05, 4.69) is 43.1 Å². The molecule has 2 aliphatic rings. The number of aromatic nitrogens is 3. The first-order valence-corrected chi connectivity index (χ1v) is 23.5. The molecule has 4 heterocycles. The molecule has 65 heavy (non-hydrogen) atoms. The van der Waals surface area contributed by atoms with Gasteiger partial charge in [0.15, 0.2) is 0 Å². The number of aliphatic hydroxyl groups excluding tert-OH is 1. The lowest BCUT2D eigenvalue weighted by Gasteiger charge is -2.35. The molecule has 2 saturated heterocycles. The molecule has 6 N–H and O–H groups in total. The Morgan fingerprint density at radius 2 is 1.68 bits per heavy atom. The van der Waals surface area contributed by atoms with E-state index >= 15 is 0 Å². The number of H-pyrrole nitrogens is 1. The average Bonchev–Trinajstić information content (AvgIpc) is 4.09. The van der Waals surface area contributed by atoms with Crippen LogP contribution in [0.15, 0.2) is 72.2 Å². The number of amides is 5. The molecular formula is C49H61N9O6S. The van der Waals surface area contributed by atoms with Gasteiger partial charge in [0.25, 0.3) is 11.8 Å². The molecule has 4 atom stereocenters. The standard InChI is InChI=1S/C49H61N9O6S/c1-30-10-9-23-57(30)28-41-54-38-21-20-36(24-39(38)55-41)53-46(62)35-18-16-34(17-19-35)45(61)50-22-8-6-7-11-42(60)56-44(49(3,4)5)48(64)58-27-37(59)25-40(58)47(63)51-26-32-12-14-33(15-13-32)43-31(2)52-29-65-43/h12-21,24,29-30,37,40,44,59H,6-11,22-23,25-28H2,1-5H3,(H,50,61)(H,51,63)(H,53,62)(H,54,55)(H,56,60)/t30-,37+,40-,44+/m0/s1. The van der Waals surface area contributed by atoms with E-state index in [9.17, 15) is 29.1 Å². The molecule has 0 aliphatic carbocycles. The number of hydrogen-bond donors (Lipinski definition) is 6. The molecule has 2 aromatic heterocycles. The van der Waals surface area contributed by atoms with Crippen molar-refractivity contribution in [3.63, 3.8) is 0 Å². The number of unbranched alkanes of at least 4 members (excludes halogenated alkanes) is 2. The van der Waals surface area contributed by atoms with Crippen molar-refractivity contribution in [2.24, 2.45) is 5.41 Å². The maximum absolute atomic E-state index is 14.0. The number of nitrogens with zero attached hydrogens (tertiary/aromatic N) is 4. The molecule has 3 aromatic carbocycles. The lowest BCUT2D eigenvalue weighted by atomic mass is 9.85. The van der Waals surface area contributed by atoms with Gasteiger partial charge < -0.3 is 36.3 Å². The summed E-state index contributed by atoms with van der Waals surface area (Å²) < 4.78 is 0. The highest BCUT2D eigenvalue weighted by molar-refractivity contribution is 7.13. The van der Waals surface area contributed by atoms with Gasteiger partial charge >= 0.3 is 0 Å². The topological polar surface area (TPSA) is 202 Å². The van der Waals surface area contributed by atoms with Crippen LogP contribution in [0.25, 0.3) is 21.5 Å². The number of rotatable bonds is 17. The predicted octanol–water partition coefficient (Wildman–Crippen LogP) is 6.33. The Hall–Kier alpha value is -5.97. The summed E-state index contributed by atoms with van der Waals surface area (Å²) in [6.45, 7) is 12.3. The number of thiazole rings is 1. The molecule has 7 rings (SSSR count). The fourth-order valence-electron chi connectivity index (χ4n) is 8.51. The second kappa shape index (κ2) is 20.9. The number of carbonyl (C=O) groups excluding carboxylic acids is 5. The van der Waals surface area contributed by atoms with E-state index in [1.54, 1.807) is 35.6 Å². The number of aryl methyl sites for hydroxylation is 1. The number of nitrogens with one attached hydrogen (secondary N) is 5. The molecule has 0 bridgehead atoms. The van der Waals surface area contributed by atoms with E-state index < -0.39 is 29.5 Å². The smallest absolute Gasteiger partial charge is 0.255 e. The highest BCUT2D eigenvalue weighted by Gasteiger charge is 2.44. The first-order valence-electron chi connectivity index (χ1n) is 22.6. The minimum atomic E-state index is -0.914. The highest BCUT2D eigenvalue weighted by atomic mass is 32.1. The number of anilines is 1. The van der Waals surface area contributed by atoms with Crippen LogP contribution in [0, 0.1) is 12.3 Å². The number of fused-ring (bicyclic) bond motifs is 1. The number of carbonyl (C=O) groups is 5. The fraction of sp³-hybridized carbons (Fsp3) is 0.449. The summed E-state index contributed by atoms with van der Waals surface area (Å²) in [7, 11) is 0. The molecule has 0 spiro atoms. The van der Waals surface area contributed by atoms with E-state index in [-0.39, 0.29) is 49.6 Å². The van der Waals surface area contributed by atoms with Crippen molar-refractivity contribution in [3.8, 4) is 10.4 Å². The third kappa shape index (κ3) is 12.0. The third-order valence-electron chi connectivity index (χ3n) is 12.3. The van der Waals surface area contributed by atoms with E-state index in [1.807, 2.05) is 75.7 Å².